The van der Waals surface area contributed by atoms with E-state index in [-0.39, 0.29) is 30.2 Å². The lowest BCUT2D eigenvalue weighted by molar-refractivity contribution is -0.140. The van der Waals surface area contributed by atoms with Gasteiger partial charge in [0.15, 0.2) is 0 Å². The van der Waals surface area contributed by atoms with Crippen molar-refractivity contribution in [2.24, 2.45) is 0 Å². The van der Waals surface area contributed by atoms with Crippen LogP contribution in [0.1, 0.15) is 50.2 Å². The number of aryl methyl sites for hydroxylation is 1. The number of carbonyl (C=O) groups is 2. The van der Waals surface area contributed by atoms with Crippen LogP contribution < -0.4 is 5.32 Å². The molecule has 4 nitrogen and oxygen atoms in total. The Morgan fingerprint density at radius 3 is 2.39 bits per heavy atom. The third-order valence-corrected chi connectivity index (χ3v) is 6.75. The number of amides is 2. The maximum absolute atomic E-state index is 13.3. The van der Waals surface area contributed by atoms with E-state index in [2.05, 4.69) is 29.6 Å². The van der Waals surface area contributed by atoms with Crippen LogP contribution in [0.15, 0.2) is 53.4 Å². The van der Waals surface area contributed by atoms with Gasteiger partial charge in [-0.2, -0.15) is 0 Å². The van der Waals surface area contributed by atoms with E-state index in [0.29, 0.717) is 12.2 Å². The summed E-state index contributed by atoms with van der Waals surface area (Å²) in [6.07, 6.45) is 4.59. The first-order valence-electron chi connectivity index (χ1n) is 11.0. The lowest BCUT2D eigenvalue weighted by Gasteiger charge is -2.30. The topological polar surface area (TPSA) is 49.4 Å². The summed E-state index contributed by atoms with van der Waals surface area (Å²) in [6.45, 7) is 4.11. The zero-order valence-electron chi connectivity index (χ0n) is 18.3. The van der Waals surface area contributed by atoms with Gasteiger partial charge in [0.2, 0.25) is 11.8 Å². The molecular weight excluding hydrogens is 411 g/mol. The Bertz CT molecular complexity index is 864. The Labute approximate surface area is 188 Å². The second kappa shape index (κ2) is 11.3. The van der Waals surface area contributed by atoms with Gasteiger partial charge in [0.1, 0.15) is 11.9 Å². The summed E-state index contributed by atoms with van der Waals surface area (Å²) < 4.78 is 13.3. The average molecular weight is 443 g/mol. The van der Waals surface area contributed by atoms with Gasteiger partial charge < -0.3 is 10.2 Å². The molecule has 1 N–H and O–H groups in total. The molecule has 0 heterocycles. The van der Waals surface area contributed by atoms with Crippen LogP contribution >= 0.6 is 11.8 Å². The summed E-state index contributed by atoms with van der Waals surface area (Å²) >= 11 is 1.63. The summed E-state index contributed by atoms with van der Waals surface area (Å²) in [7, 11) is 0. The van der Waals surface area contributed by atoms with Crippen LogP contribution in [0.3, 0.4) is 0 Å². The molecule has 6 heteroatoms. The molecule has 1 aliphatic carbocycles. The van der Waals surface area contributed by atoms with Crippen LogP contribution in [0.2, 0.25) is 0 Å². The van der Waals surface area contributed by atoms with Gasteiger partial charge in [-0.15, -0.1) is 11.8 Å². The minimum absolute atomic E-state index is 0.0713. The number of halogens is 1. The van der Waals surface area contributed by atoms with Crippen molar-refractivity contribution in [3.8, 4) is 0 Å². The molecule has 2 amide bonds. The normalized spacial score (nSPS) is 14.9. The van der Waals surface area contributed by atoms with Gasteiger partial charge in [-0.1, -0.05) is 42.7 Å². The Morgan fingerprint density at radius 2 is 1.74 bits per heavy atom. The molecule has 0 aromatic heterocycles. The van der Waals surface area contributed by atoms with Gasteiger partial charge >= 0.3 is 0 Å². The quantitative estimate of drug-likeness (QED) is 0.550. The molecule has 1 fully saturated rings. The zero-order valence-corrected chi connectivity index (χ0v) is 19.1. The molecule has 0 radical (unpaired) electrons. The molecule has 0 bridgehead atoms. The van der Waals surface area contributed by atoms with Crippen molar-refractivity contribution in [1.82, 2.24) is 10.2 Å². The summed E-state index contributed by atoms with van der Waals surface area (Å²) in [6, 6.07) is 13.9. The van der Waals surface area contributed by atoms with Crippen molar-refractivity contribution >= 4 is 23.6 Å². The van der Waals surface area contributed by atoms with Gasteiger partial charge in [-0.25, -0.2) is 4.39 Å². The summed E-state index contributed by atoms with van der Waals surface area (Å²) in [4.78, 5) is 28.7. The Morgan fingerprint density at radius 1 is 1.10 bits per heavy atom. The highest BCUT2D eigenvalue weighted by molar-refractivity contribution is 7.99. The fraction of sp³-hybridized carbons (Fsp3) is 0.440. The minimum atomic E-state index is -0.581. The van der Waals surface area contributed by atoms with Crippen molar-refractivity contribution in [2.75, 3.05) is 5.75 Å². The third kappa shape index (κ3) is 7.10. The Hall–Kier alpha value is -2.34. The summed E-state index contributed by atoms with van der Waals surface area (Å²) in [5.74, 6) is 0.133. The second-order valence-electron chi connectivity index (χ2n) is 8.23. The predicted octanol–water partition coefficient (Wildman–Crippen LogP) is 5.09. The van der Waals surface area contributed by atoms with Gasteiger partial charge in [-0.3, -0.25) is 9.59 Å². The molecule has 1 saturated carbocycles. The van der Waals surface area contributed by atoms with E-state index in [9.17, 15) is 14.0 Å². The molecule has 1 atom stereocenters. The van der Waals surface area contributed by atoms with Crippen LogP contribution in [-0.2, 0) is 16.1 Å². The molecule has 1 aliphatic rings. The first kappa shape index (κ1) is 23.3. The van der Waals surface area contributed by atoms with E-state index in [0.717, 1.165) is 36.1 Å². The van der Waals surface area contributed by atoms with Crippen molar-refractivity contribution in [3.63, 3.8) is 0 Å². The SMILES string of the molecule is Cc1ccc(SCCC(=O)N(Cc2ccc(F)cc2)[C@H](C)C(=O)NC2CCCC2)cc1. The number of hydrogen-bond donors (Lipinski definition) is 1. The molecule has 0 aliphatic heterocycles. The number of nitrogens with one attached hydrogen (secondary N) is 1. The number of benzene rings is 2. The number of nitrogens with zero attached hydrogens (tertiary/aromatic N) is 1. The number of hydrogen-bond acceptors (Lipinski definition) is 3. The number of rotatable bonds is 9. The van der Waals surface area contributed by atoms with Crippen LogP contribution in [0, 0.1) is 12.7 Å². The van der Waals surface area contributed by atoms with Crippen LogP contribution in [0.5, 0.6) is 0 Å². The fourth-order valence-electron chi connectivity index (χ4n) is 3.80. The summed E-state index contributed by atoms with van der Waals surface area (Å²) in [5, 5.41) is 3.10. The molecular formula is C25H31FN2O2S. The molecule has 0 unspecified atom stereocenters. The molecule has 2 aromatic rings. The van der Waals surface area contributed by atoms with E-state index in [4.69, 9.17) is 0 Å². The van der Waals surface area contributed by atoms with Gasteiger partial charge in [0, 0.05) is 29.7 Å². The van der Waals surface area contributed by atoms with Crippen LogP contribution in [-0.4, -0.2) is 34.6 Å². The van der Waals surface area contributed by atoms with Crippen molar-refractivity contribution in [2.45, 2.75) is 69.5 Å². The van der Waals surface area contributed by atoms with Crippen LogP contribution in [0.25, 0.3) is 0 Å². The standard InChI is InChI=1S/C25H31FN2O2S/c1-18-7-13-23(14-8-18)31-16-15-24(29)28(17-20-9-11-21(26)12-10-20)19(2)25(30)27-22-5-3-4-6-22/h7-14,19,22H,3-6,15-17H2,1-2H3,(H,27,30)/t19-/m1/s1. The minimum Gasteiger partial charge on any atom is -0.352 e. The smallest absolute Gasteiger partial charge is 0.242 e. The maximum atomic E-state index is 13.3. The molecule has 0 spiro atoms. The lowest BCUT2D eigenvalue weighted by atomic mass is 10.1. The maximum Gasteiger partial charge on any atom is 0.242 e. The molecule has 3 rings (SSSR count). The average Bonchev–Trinajstić information content (AvgIpc) is 3.27. The molecule has 31 heavy (non-hydrogen) atoms. The van der Waals surface area contributed by atoms with Gasteiger partial charge in [-0.05, 0) is 56.5 Å². The molecule has 166 valence electrons. The summed E-state index contributed by atoms with van der Waals surface area (Å²) in [5.41, 5.74) is 2.01. The van der Waals surface area contributed by atoms with E-state index < -0.39 is 6.04 Å². The fourth-order valence-corrected chi connectivity index (χ4v) is 4.64. The van der Waals surface area contributed by atoms with Gasteiger partial charge in [0.05, 0.1) is 0 Å². The first-order chi connectivity index (χ1) is 14.9. The third-order valence-electron chi connectivity index (χ3n) is 5.74. The zero-order chi connectivity index (χ0) is 22.2. The Kier molecular flexibility index (Phi) is 8.52. The van der Waals surface area contributed by atoms with E-state index in [1.807, 2.05) is 6.92 Å². The second-order valence-corrected chi connectivity index (χ2v) is 9.39. The lowest BCUT2D eigenvalue weighted by Crippen LogP contribution is -2.49. The van der Waals surface area contributed by atoms with E-state index in [1.54, 1.807) is 35.7 Å². The Balaban J connectivity index is 1.64. The van der Waals surface area contributed by atoms with Crippen molar-refractivity contribution in [1.29, 1.82) is 0 Å². The molecule has 2 aromatic carbocycles. The van der Waals surface area contributed by atoms with Gasteiger partial charge in [0.25, 0.3) is 0 Å². The van der Waals surface area contributed by atoms with Crippen LogP contribution in [0.4, 0.5) is 4.39 Å². The largest absolute Gasteiger partial charge is 0.352 e. The number of carbonyl (C=O) groups excluding carboxylic acids is 2. The monoisotopic (exact) mass is 442 g/mol. The highest BCUT2D eigenvalue weighted by Gasteiger charge is 2.28. The predicted molar refractivity (Wildman–Crippen MR) is 123 cm³/mol. The first-order valence-corrected chi connectivity index (χ1v) is 11.9. The van der Waals surface area contributed by atoms with E-state index >= 15 is 0 Å². The van der Waals surface area contributed by atoms with Crippen molar-refractivity contribution < 1.29 is 14.0 Å². The van der Waals surface area contributed by atoms with E-state index in [1.165, 1.54) is 17.7 Å². The highest BCUT2D eigenvalue weighted by atomic mass is 32.2. The molecule has 0 saturated heterocycles. The number of thioether (sulfide) groups is 1. The van der Waals surface area contributed by atoms with Crippen molar-refractivity contribution in [3.05, 3.63) is 65.5 Å². The highest BCUT2D eigenvalue weighted by Crippen LogP contribution is 2.21.